The summed E-state index contributed by atoms with van der Waals surface area (Å²) in [4.78, 5) is 4.24. The van der Waals surface area contributed by atoms with Crippen LogP contribution in [0.25, 0.3) is 0 Å². The zero-order chi connectivity index (χ0) is 12.6. The molecule has 0 saturated heterocycles. The second-order valence-corrected chi connectivity index (χ2v) is 3.97. The van der Waals surface area contributed by atoms with E-state index in [0.29, 0.717) is 6.61 Å². The van der Waals surface area contributed by atoms with Crippen LogP contribution in [-0.4, -0.2) is 11.6 Å². The summed E-state index contributed by atoms with van der Waals surface area (Å²) in [5, 5.41) is 3.31. The van der Waals surface area contributed by atoms with Crippen molar-refractivity contribution in [2.45, 2.75) is 20.1 Å². The molecule has 1 aromatic carbocycles. The zero-order valence-electron chi connectivity index (χ0n) is 10.6. The maximum absolute atomic E-state index is 5.47. The van der Waals surface area contributed by atoms with Gasteiger partial charge in [-0.1, -0.05) is 30.3 Å². The van der Waals surface area contributed by atoms with Gasteiger partial charge in [-0.2, -0.15) is 0 Å². The van der Waals surface area contributed by atoms with Gasteiger partial charge in [-0.05, 0) is 30.2 Å². The lowest BCUT2D eigenvalue weighted by Crippen LogP contribution is -2.05. The van der Waals surface area contributed by atoms with Gasteiger partial charge in [0.25, 0.3) is 0 Å². The SMILES string of the molecule is CCOCc1ccccc1CNc1ccccn1. The molecule has 3 heteroatoms. The Morgan fingerprint density at radius 3 is 2.56 bits per heavy atom. The van der Waals surface area contributed by atoms with Crippen molar-refractivity contribution in [2.24, 2.45) is 0 Å². The molecule has 18 heavy (non-hydrogen) atoms. The molecule has 0 amide bonds. The molecule has 0 aliphatic carbocycles. The lowest BCUT2D eigenvalue weighted by molar-refractivity contribution is 0.133. The predicted molar refractivity (Wildman–Crippen MR) is 73.3 cm³/mol. The lowest BCUT2D eigenvalue weighted by atomic mass is 10.1. The van der Waals surface area contributed by atoms with Gasteiger partial charge in [-0.25, -0.2) is 4.98 Å². The van der Waals surface area contributed by atoms with E-state index >= 15 is 0 Å². The molecule has 0 saturated carbocycles. The van der Waals surface area contributed by atoms with Gasteiger partial charge in [0.05, 0.1) is 6.61 Å². The molecule has 0 fully saturated rings. The Morgan fingerprint density at radius 1 is 1.06 bits per heavy atom. The van der Waals surface area contributed by atoms with E-state index in [1.165, 1.54) is 11.1 Å². The molecule has 94 valence electrons. The topological polar surface area (TPSA) is 34.1 Å². The molecule has 0 radical (unpaired) electrons. The van der Waals surface area contributed by atoms with Crippen molar-refractivity contribution >= 4 is 5.82 Å². The highest BCUT2D eigenvalue weighted by Crippen LogP contribution is 2.12. The van der Waals surface area contributed by atoms with Crippen molar-refractivity contribution in [3.8, 4) is 0 Å². The fraction of sp³-hybridized carbons (Fsp3) is 0.267. The summed E-state index contributed by atoms with van der Waals surface area (Å²) < 4.78 is 5.47. The first-order valence-corrected chi connectivity index (χ1v) is 6.19. The van der Waals surface area contributed by atoms with Crippen LogP contribution in [0.2, 0.25) is 0 Å². The van der Waals surface area contributed by atoms with Gasteiger partial charge in [0.15, 0.2) is 0 Å². The molecular weight excluding hydrogens is 224 g/mol. The molecule has 0 atom stereocenters. The number of hydrogen-bond donors (Lipinski definition) is 1. The molecule has 2 rings (SSSR count). The largest absolute Gasteiger partial charge is 0.377 e. The van der Waals surface area contributed by atoms with Gasteiger partial charge < -0.3 is 10.1 Å². The van der Waals surface area contributed by atoms with Gasteiger partial charge in [-0.3, -0.25) is 0 Å². The van der Waals surface area contributed by atoms with Crippen LogP contribution in [0.3, 0.4) is 0 Å². The molecule has 2 aromatic rings. The maximum atomic E-state index is 5.47. The maximum Gasteiger partial charge on any atom is 0.126 e. The number of ether oxygens (including phenoxy) is 1. The number of rotatable bonds is 6. The van der Waals surface area contributed by atoms with Crippen LogP contribution in [0.4, 0.5) is 5.82 Å². The lowest BCUT2D eigenvalue weighted by Gasteiger charge is -2.10. The number of aromatic nitrogens is 1. The first kappa shape index (κ1) is 12.6. The highest BCUT2D eigenvalue weighted by molar-refractivity contribution is 5.36. The highest BCUT2D eigenvalue weighted by Gasteiger charge is 2.01. The summed E-state index contributed by atoms with van der Waals surface area (Å²) in [7, 11) is 0. The fourth-order valence-electron chi connectivity index (χ4n) is 1.74. The molecular formula is C15H18N2O. The molecule has 1 heterocycles. The van der Waals surface area contributed by atoms with Crippen LogP contribution in [0, 0.1) is 0 Å². The summed E-state index contributed by atoms with van der Waals surface area (Å²) in [6.45, 7) is 4.17. The summed E-state index contributed by atoms with van der Waals surface area (Å²) in [5.74, 6) is 0.892. The normalized spacial score (nSPS) is 10.3. The number of nitrogens with zero attached hydrogens (tertiary/aromatic N) is 1. The van der Waals surface area contributed by atoms with Gasteiger partial charge in [0.2, 0.25) is 0 Å². The molecule has 0 aliphatic heterocycles. The van der Waals surface area contributed by atoms with Crippen molar-refractivity contribution < 1.29 is 4.74 Å². The van der Waals surface area contributed by atoms with E-state index in [4.69, 9.17) is 4.74 Å². The Labute approximate surface area is 108 Å². The number of nitrogens with one attached hydrogen (secondary N) is 1. The molecule has 0 unspecified atom stereocenters. The standard InChI is InChI=1S/C15H18N2O/c1-2-18-12-14-8-4-3-7-13(14)11-17-15-9-5-6-10-16-15/h3-10H,2,11-12H2,1H3,(H,16,17). The summed E-state index contributed by atoms with van der Waals surface area (Å²) in [6.07, 6.45) is 1.79. The van der Waals surface area contributed by atoms with Crippen LogP contribution in [0.1, 0.15) is 18.1 Å². The van der Waals surface area contributed by atoms with Crippen LogP contribution in [0.15, 0.2) is 48.7 Å². The molecule has 1 aromatic heterocycles. The molecule has 0 aliphatic rings. The average molecular weight is 242 g/mol. The van der Waals surface area contributed by atoms with Crippen molar-refractivity contribution in [3.63, 3.8) is 0 Å². The van der Waals surface area contributed by atoms with Gasteiger partial charge in [-0.15, -0.1) is 0 Å². The number of pyridine rings is 1. The number of hydrogen-bond acceptors (Lipinski definition) is 3. The number of benzene rings is 1. The predicted octanol–water partition coefficient (Wildman–Crippen LogP) is 3.23. The highest BCUT2D eigenvalue weighted by atomic mass is 16.5. The molecule has 0 spiro atoms. The summed E-state index contributed by atoms with van der Waals surface area (Å²) in [5.41, 5.74) is 2.47. The minimum Gasteiger partial charge on any atom is -0.377 e. The summed E-state index contributed by atoms with van der Waals surface area (Å²) in [6, 6.07) is 14.2. The van der Waals surface area contributed by atoms with E-state index in [2.05, 4.69) is 22.4 Å². The smallest absolute Gasteiger partial charge is 0.126 e. The average Bonchev–Trinajstić information content (AvgIpc) is 2.45. The van der Waals surface area contributed by atoms with Gasteiger partial charge >= 0.3 is 0 Å². The van der Waals surface area contributed by atoms with E-state index < -0.39 is 0 Å². The molecule has 3 nitrogen and oxygen atoms in total. The third-order valence-electron chi connectivity index (χ3n) is 2.70. The first-order valence-electron chi connectivity index (χ1n) is 6.19. The van der Waals surface area contributed by atoms with Crippen LogP contribution < -0.4 is 5.32 Å². The van der Waals surface area contributed by atoms with Crippen molar-refractivity contribution in [1.82, 2.24) is 4.98 Å². The van der Waals surface area contributed by atoms with Crippen molar-refractivity contribution in [3.05, 3.63) is 59.8 Å². The third-order valence-corrected chi connectivity index (χ3v) is 2.70. The monoisotopic (exact) mass is 242 g/mol. The Bertz CT molecular complexity index is 471. The minimum absolute atomic E-state index is 0.663. The van der Waals surface area contributed by atoms with E-state index in [1.807, 2.05) is 37.3 Å². The Kier molecular flexibility index (Phi) is 4.73. The van der Waals surface area contributed by atoms with Gasteiger partial charge in [0.1, 0.15) is 5.82 Å². The minimum atomic E-state index is 0.663. The number of anilines is 1. The quantitative estimate of drug-likeness (QED) is 0.844. The second kappa shape index (κ2) is 6.77. The second-order valence-electron chi connectivity index (χ2n) is 3.97. The van der Waals surface area contributed by atoms with Crippen LogP contribution in [-0.2, 0) is 17.9 Å². The first-order chi connectivity index (χ1) is 8.90. The van der Waals surface area contributed by atoms with Crippen LogP contribution >= 0.6 is 0 Å². The molecule has 1 N–H and O–H groups in total. The van der Waals surface area contributed by atoms with Crippen molar-refractivity contribution in [2.75, 3.05) is 11.9 Å². The Balaban J connectivity index is 2.00. The van der Waals surface area contributed by atoms with Crippen molar-refractivity contribution in [1.29, 1.82) is 0 Å². The van der Waals surface area contributed by atoms with Crippen LogP contribution in [0.5, 0.6) is 0 Å². The van der Waals surface area contributed by atoms with E-state index in [9.17, 15) is 0 Å². The van der Waals surface area contributed by atoms with E-state index in [1.54, 1.807) is 6.20 Å². The van der Waals surface area contributed by atoms with E-state index in [-0.39, 0.29) is 0 Å². The third kappa shape index (κ3) is 3.57. The molecule has 0 bridgehead atoms. The Morgan fingerprint density at radius 2 is 1.83 bits per heavy atom. The van der Waals surface area contributed by atoms with E-state index in [0.717, 1.165) is 19.0 Å². The van der Waals surface area contributed by atoms with Gasteiger partial charge in [0, 0.05) is 19.3 Å². The zero-order valence-corrected chi connectivity index (χ0v) is 10.6. The fourth-order valence-corrected chi connectivity index (χ4v) is 1.74. The summed E-state index contributed by atoms with van der Waals surface area (Å²) >= 11 is 0. The Hall–Kier alpha value is -1.87.